The second kappa shape index (κ2) is 9.07. The van der Waals surface area contributed by atoms with Gasteiger partial charge in [-0.1, -0.05) is 36.4 Å². The molecule has 0 saturated carbocycles. The molecule has 9 nitrogen and oxygen atoms in total. The summed E-state index contributed by atoms with van der Waals surface area (Å²) in [6.45, 7) is 3.23. The van der Waals surface area contributed by atoms with Gasteiger partial charge in [-0.05, 0) is 17.7 Å². The Morgan fingerprint density at radius 1 is 1.03 bits per heavy atom. The van der Waals surface area contributed by atoms with Crippen molar-refractivity contribution in [2.45, 2.75) is 0 Å². The van der Waals surface area contributed by atoms with Crippen LogP contribution in [0.3, 0.4) is 0 Å². The highest BCUT2D eigenvalue weighted by Crippen LogP contribution is 2.25. The molecule has 29 heavy (non-hydrogen) atoms. The average Bonchev–Trinajstić information content (AvgIpc) is 2.74. The van der Waals surface area contributed by atoms with Gasteiger partial charge in [-0.3, -0.25) is 25.0 Å². The van der Waals surface area contributed by atoms with Gasteiger partial charge in [0.05, 0.1) is 48.6 Å². The fourth-order valence-electron chi connectivity index (χ4n) is 3.29. The van der Waals surface area contributed by atoms with Crippen LogP contribution in [0.15, 0.2) is 54.6 Å². The molecule has 3 rings (SSSR count). The molecule has 1 amide bonds. The van der Waals surface area contributed by atoms with Crippen molar-refractivity contribution in [2.75, 3.05) is 32.7 Å². The van der Waals surface area contributed by atoms with E-state index in [9.17, 15) is 25.0 Å². The molecule has 0 spiro atoms. The van der Waals surface area contributed by atoms with E-state index >= 15 is 0 Å². The molecule has 0 atom stereocenters. The van der Waals surface area contributed by atoms with Crippen molar-refractivity contribution >= 4 is 23.4 Å². The van der Waals surface area contributed by atoms with Crippen LogP contribution in [0.2, 0.25) is 0 Å². The number of hydrogen-bond acceptors (Lipinski definition) is 5. The van der Waals surface area contributed by atoms with E-state index in [4.69, 9.17) is 0 Å². The third-order valence-corrected chi connectivity index (χ3v) is 4.89. The number of amides is 1. The van der Waals surface area contributed by atoms with Crippen LogP contribution in [0.1, 0.15) is 15.9 Å². The number of hydrogen-bond donors (Lipinski definition) is 1. The van der Waals surface area contributed by atoms with Crippen LogP contribution in [-0.2, 0) is 0 Å². The number of quaternary nitrogens is 1. The average molecular weight is 397 g/mol. The highest BCUT2D eigenvalue weighted by Gasteiger charge is 2.30. The van der Waals surface area contributed by atoms with Gasteiger partial charge in [-0.15, -0.1) is 0 Å². The molecule has 1 saturated heterocycles. The van der Waals surface area contributed by atoms with E-state index in [1.165, 1.54) is 11.0 Å². The van der Waals surface area contributed by atoms with Gasteiger partial charge in [-0.2, -0.15) is 0 Å². The van der Waals surface area contributed by atoms with Crippen LogP contribution in [-0.4, -0.2) is 53.4 Å². The maximum absolute atomic E-state index is 12.7. The molecular formula is C20H21N4O5+. The molecule has 0 aliphatic carbocycles. The lowest BCUT2D eigenvalue weighted by molar-refractivity contribution is -0.898. The van der Waals surface area contributed by atoms with Gasteiger partial charge in [0.25, 0.3) is 17.3 Å². The lowest BCUT2D eigenvalue weighted by Gasteiger charge is -2.31. The molecule has 1 aliphatic heterocycles. The number of nitro groups is 2. The first-order valence-corrected chi connectivity index (χ1v) is 9.23. The van der Waals surface area contributed by atoms with Crippen molar-refractivity contribution < 1.29 is 19.5 Å². The second-order valence-electron chi connectivity index (χ2n) is 6.78. The van der Waals surface area contributed by atoms with E-state index in [-0.39, 0.29) is 5.56 Å². The maximum Gasteiger partial charge on any atom is 0.289 e. The monoisotopic (exact) mass is 397 g/mol. The van der Waals surface area contributed by atoms with Crippen LogP contribution in [0.4, 0.5) is 11.4 Å². The third kappa shape index (κ3) is 5.02. The number of nitro benzene ring substituents is 2. The summed E-state index contributed by atoms with van der Waals surface area (Å²) in [6, 6.07) is 13.1. The number of nitrogens with one attached hydrogen (secondary N) is 1. The van der Waals surface area contributed by atoms with E-state index in [0.29, 0.717) is 13.1 Å². The predicted molar refractivity (Wildman–Crippen MR) is 107 cm³/mol. The third-order valence-electron chi connectivity index (χ3n) is 4.89. The quantitative estimate of drug-likeness (QED) is 0.587. The zero-order valence-corrected chi connectivity index (χ0v) is 15.7. The molecule has 0 bridgehead atoms. The maximum atomic E-state index is 12.7. The molecule has 0 unspecified atom stereocenters. The second-order valence-corrected chi connectivity index (χ2v) is 6.78. The van der Waals surface area contributed by atoms with E-state index < -0.39 is 27.1 Å². The van der Waals surface area contributed by atoms with Crippen molar-refractivity contribution in [3.05, 3.63) is 86.0 Å². The van der Waals surface area contributed by atoms with Crippen molar-refractivity contribution in [2.24, 2.45) is 0 Å². The molecule has 0 aromatic heterocycles. The summed E-state index contributed by atoms with van der Waals surface area (Å²) in [4.78, 5) is 36.3. The molecule has 2 aromatic rings. The Labute approximate surface area is 167 Å². The van der Waals surface area contributed by atoms with Crippen LogP contribution >= 0.6 is 0 Å². The van der Waals surface area contributed by atoms with Crippen LogP contribution in [0.25, 0.3) is 6.08 Å². The zero-order valence-electron chi connectivity index (χ0n) is 15.7. The van der Waals surface area contributed by atoms with E-state index in [2.05, 4.69) is 12.2 Å². The lowest BCUT2D eigenvalue weighted by Crippen LogP contribution is -3.14. The van der Waals surface area contributed by atoms with Crippen molar-refractivity contribution in [3.63, 3.8) is 0 Å². The summed E-state index contributed by atoms with van der Waals surface area (Å²) in [6.07, 6.45) is 4.16. The highest BCUT2D eigenvalue weighted by atomic mass is 16.6. The number of nitrogens with zero attached hydrogens (tertiary/aromatic N) is 3. The summed E-state index contributed by atoms with van der Waals surface area (Å²) < 4.78 is 0. The normalized spacial score (nSPS) is 14.8. The largest absolute Gasteiger partial charge is 0.329 e. The standard InChI is InChI=1S/C20H20N4O5/c25-20(18-9-8-17(23(26)27)15-19(18)24(28)29)22-13-11-21(12-14-22)10-4-7-16-5-2-1-3-6-16/h1-9,15H,10-14H2/p+1/b7-4+. The topological polar surface area (TPSA) is 111 Å². The Bertz CT molecular complexity index is 937. The molecule has 9 heteroatoms. The van der Waals surface area contributed by atoms with Crippen LogP contribution in [0, 0.1) is 20.2 Å². The molecule has 1 aliphatic rings. The molecule has 0 radical (unpaired) electrons. The van der Waals surface area contributed by atoms with Crippen molar-refractivity contribution in [1.29, 1.82) is 0 Å². The van der Waals surface area contributed by atoms with E-state index in [1.807, 2.05) is 30.3 Å². The minimum atomic E-state index is -0.754. The fourth-order valence-corrected chi connectivity index (χ4v) is 3.29. The number of benzene rings is 2. The van der Waals surface area contributed by atoms with E-state index in [1.54, 1.807) is 4.90 Å². The number of carbonyl (C=O) groups is 1. The van der Waals surface area contributed by atoms with Crippen molar-refractivity contribution in [3.8, 4) is 0 Å². The van der Waals surface area contributed by atoms with Gasteiger partial charge < -0.3 is 9.80 Å². The smallest absolute Gasteiger partial charge is 0.289 e. The van der Waals surface area contributed by atoms with Gasteiger partial charge in [0, 0.05) is 6.07 Å². The number of piperazine rings is 1. The molecular weight excluding hydrogens is 376 g/mol. The summed E-state index contributed by atoms with van der Waals surface area (Å²) in [5.41, 5.74) is 0.0664. The Hall–Kier alpha value is -3.59. The SMILES string of the molecule is O=C(c1ccc([N+](=O)[O-])cc1[N+](=O)[O-])N1CC[NH+](C/C=C/c2ccccc2)CC1. The number of rotatable bonds is 6. The Kier molecular flexibility index (Phi) is 6.30. The first-order chi connectivity index (χ1) is 14.0. The van der Waals surface area contributed by atoms with E-state index in [0.717, 1.165) is 37.3 Å². The summed E-state index contributed by atoms with van der Waals surface area (Å²) >= 11 is 0. The van der Waals surface area contributed by atoms with Crippen LogP contribution < -0.4 is 4.90 Å². The Balaban J connectivity index is 1.61. The first kappa shape index (κ1) is 20.2. The van der Waals surface area contributed by atoms with Gasteiger partial charge in [0.1, 0.15) is 5.56 Å². The predicted octanol–water partition coefficient (Wildman–Crippen LogP) is 1.56. The Morgan fingerprint density at radius 3 is 2.34 bits per heavy atom. The zero-order chi connectivity index (χ0) is 20.8. The minimum Gasteiger partial charge on any atom is -0.329 e. The minimum absolute atomic E-state index is 0.118. The number of carbonyl (C=O) groups excluding carboxylic acids is 1. The summed E-state index contributed by atoms with van der Waals surface area (Å²) in [5.74, 6) is -0.467. The van der Waals surface area contributed by atoms with Gasteiger partial charge in [0.2, 0.25) is 0 Å². The molecule has 2 aromatic carbocycles. The summed E-state index contributed by atoms with van der Waals surface area (Å²) in [7, 11) is 0. The molecule has 1 heterocycles. The summed E-state index contributed by atoms with van der Waals surface area (Å²) in [5, 5.41) is 22.1. The lowest BCUT2D eigenvalue weighted by atomic mass is 10.1. The van der Waals surface area contributed by atoms with Crippen molar-refractivity contribution in [1.82, 2.24) is 4.90 Å². The van der Waals surface area contributed by atoms with Gasteiger partial charge in [0.15, 0.2) is 0 Å². The Morgan fingerprint density at radius 2 is 1.72 bits per heavy atom. The van der Waals surface area contributed by atoms with Gasteiger partial charge >= 0.3 is 0 Å². The fraction of sp³-hybridized carbons (Fsp3) is 0.250. The molecule has 1 fully saturated rings. The molecule has 1 N–H and O–H groups in total. The molecule has 150 valence electrons. The van der Waals surface area contributed by atoms with Crippen LogP contribution in [0.5, 0.6) is 0 Å². The highest BCUT2D eigenvalue weighted by molar-refractivity contribution is 5.98. The van der Waals surface area contributed by atoms with Gasteiger partial charge in [-0.25, -0.2) is 0 Å². The first-order valence-electron chi connectivity index (χ1n) is 9.23. The number of non-ortho nitro benzene ring substituents is 1.